The standard InChI is InChI=1S/C13H16BrN5O3/c1-9-12(14)13(19(21)22)17-18(9)8-11(20)16-15-7-10-5-3-2-4-6-10/h2-3,7,10H,4-6,8H2,1H3,(H,16,20). The SMILES string of the molecule is Cc1c(Br)c([N+](=O)[O-])nn1CC(=O)NN=CC1CC=CCC1. The molecular formula is C13H16BrN5O3. The van der Waals surface area contributed by atoms with Crippen molar-refractivity contribution in [2.75, 3.05) is 0 Å². The van der Waals surface area contributed by atoms with Crippen molar-refractivity contribution in [3.8, 4) is 0 Å². The van der Waals surface area contributed by atoms with Crippen LogP contribution in [0.3, 0.4) is 0 Å². The van der Waals surface area contributed by atoms with Gasteiger partial charge in [0.15, 0.2) is 0 Å². The van der Waals surface area contributed by atoms with Crippen LogP contribution in [0.4, 0.5) is 5.82 Å². The van der Waals surface area contributed by atoms with Gasteiger partial charge >= 0.3 is 5.82 Å². The second-order valence-corrected chi connectivity index (χ2v) is 5.79. The predicted molar refractivity (Wildman–Crippen MR) is 84.4 cm³/mol. The van der Waals surface area contributed by atoms with Crippen LogP contribution in [0, 0.1) is 23.0 Å². The van der Waals surface area contributed by atoms with Gasteiger partial charge in [-0.25, -0.2) is 5.43 Å². The molecule has 1 N–H and O–H groups in total. The van der Waals surface area contributed by atoms with Gasteiger partial charge in [0, 0.05) is 6.21 Å². The number of carbonyl (C=O) groups excluding carboxylic acids is 1. The molecule has 1 heterocycles. The van der Waals surface area contributed by atoms with Gasteiger partial charge in [-0.2, -0.15) is 9.78 Å². The number of allylic oxidation sites excluding steroid dienone is 2. The lowest BCUT2D eigenvalue weighted by Crippen LogP contribution is -2.25. The molecule has 0 bridgehead atoms. The normalized spacial score (nSPS) is 17.8. The first-order valence-corrected chi connectivity index (χ1v) is 7.62. The van der Waals surface area contributed by atoms with Gasteiger partial charge < -0.3 is 10.1 Å². The molecule has 118 valence electrons. The summed E-state index contributed by atoms with van der Waals surface area (Å²) in [6.07, 6.45) is 8.94. The number of amides is 1. The number of nitrogens with one attached hydrogen (secondary N) is 1. The van der Waals surface area contributed by atoms with Crippen molar-refractivity contribution < 1.29 is 9.72 Å². The fourth-order valence-electron chi connectivity index (χ4n) is 2.12. The number of halogens is 1. The van der Waals surface area contributed by atoms with E-state index in [0.717, 1.165) is 19.3 Å². The second-order valence-electron chi connectivity index (χ2n) is 5.00. The van der Waals surface area contributed by atoms with Crippen LogP contribution < -0.4 is 5.43 Å². The van der Waals surface area contributed by atoms with Gasteiger partial charge in [0.2, 0.25) is 0 Å². The summed E-state index contributed by atoms with van der Waals surface area (Å²) in [6.45, 7) is 1.52. The van der Waals surface area contributed by atoms with E-state index in [9.17, 15) is 14.9 Å². The first-order chi connectivity index (χ1) is 10.5. The van der Waals surface area contributed by atoms with Gasteiger partial charge in [-0.15, -0.1) is 0 Å². The highest BCUT2D eigenvalue weighted by Gasteiger charge is 2.24. The van der Waals surface area contributed by atoms with Crippen molar-refractivity contribution in [2.24, 2.45) is 11.0 Å². The van der Waals surface area contributed by atoms with E-state index in [1.165, 1.54) is 4.68 Å². The van der Waals surface area contributed by atoms with Crippen LogP contribution in [0.2, 0.25) is 0 Å². The van der Waals surface area contributed by atoms with Crippen molar-refractivity contribution in [3.05, 3.63) is 32.4 Å². The Kier molecular flexibility index (Phi) is 5.42. The summed E-state index contributed by atoms with van der Waals surface area (Å²) >= 11 is 3.10. The molecule has 0 fully saturated rings. The van der Waals surface area contributed by atoms with E-state index in [1.807, 2.05) is 0 Å². The lowest BCUT2D eigenvalue weighted by molar-refractivity contribution is -0.390. The Bertz CT molecular complexity index is 638. The van der Waals surface area contributed by atoms with E-state index in [0.29, 0.717) is 11.6 Å². The Balaban J connectivity index is 1.92. The van der Waals surface area contributed by atoms with E-state index < -0.39 is 4.92 Å². The van der Waals surface area contributed by atoms with Crippen LogP contribution in [0.15, 0.2) is 21.7 Å². The maximum atomic E-state index is 11.8. The third kappa shape index (κ3) is 4.00. The van der Waals surface area contributed by atoms with Crippen LogP contribution in [-0.2, 0) is 11.3 Å². The van der Waals surface area contributed by atoms with E-state index in [4.69, 9.17) is 0 Å². The maximum Gasteiger partial charge on any atom is 0.404 e. The summed E-state index contributed by atoms with van der Waals surface area (Å²) < 4.78 is 1.55. The fourth-order valence-corrected chi connectivity index (χ4v) is 2.55. The molecule has 1 aromatic heterocycles. The van der Waals surface area contributed by atoms with Crippen LogP contribution >= 0.6 is 15.9 Å². The maximum absolute atomic E-state index is 11.8. The summed E-state index contributed by atoms with van der Waals surface area (Å²) in [4.78, 5) is 22.0. The average Bonchev–Trinajstić information content (AvgIpc) is 2.77. The molecule has 2 rings (SSSR count). The lowest BCUT2D eigenvalue weighted by Gasteiger charge is -2.11. The van der Waals surface area contributed by atoms with Crippen molar-refractivity contribution in [2.45, 2.75) is 32.7 Å². The highest BCUT2D eigenvalue weighted by Crippen LogP contribution is 2.26. The highest BCUT2D eigenvalue weighted by molar-refractivity contribution is 9.10. The molecule has 0 aliphatic heterocycles. The summed E-state index contributed by atoms with van der Waals surface area (Å²) in [5, 5.41) is 18.5. The molecule has 0 spiro atoms. The Morgan fingerprint density at radius 3 is 3.05 bits per heavy atom. The molecule has 0 radical (unpaired) electrons. The third-order valence-electron chi connectivity index (χ3n) is 3.37. The van der Waals surface area contributed by atoms with Crippen molar-refractivity contribution in [3.63, 3.8) is 0 Å². The second kappa shape index (κ2) is 7.30. The van der Waals surface area contributed by atoms with Gasteiger partial charge in [-0.3, -0.25) is 4.79 Å². The molecular weight excluding hydrogens is 354 g/mol. The van der Waals surface area contributed by atoms with Crippen LogP contribution in [0.1, 0.15) is 25.0 Å². The monoisotopic (exact) mass is 369 g/mol. The summed E-state index contributed by atoms with van der Waals surface area (Å²) in [7, 11) is 0. The number of hydrogen-bond donors (Lipinski definition) is 1. The predicted octanol–water partition coefficient (Wildman–Crippen LogP) is 2.32. The molecule has 0 saturated heterocycles. The number of nitrogens with zero attached hydrogens (tertiary/aromatic N) is 4. The van der Waals surface area contributed by atoms with Gasteiger partial charge in [-0.05, 0) is 53.0 Å². The van der Waals surface area contributed by atoms with Crippen molar-refractivity contribution >= 4 is 33.9 Å². The van der Waals surface area contributed by atoms with Gasteiger partial charge in [-0.1, -0.05) is 12.2 Å². The Hall–Kier alpha value is -2.03. The average molecular weight is 370 g/mol. The zero-order chi connectivity index (χ0) is 16.1. The first-order valence-electron chi connectivity index (χ1n) is 6.83. The van der Waals surface area contributed by atoms with Crippen LogP contribution in [0.5, 0.6) is 0 Å². The highest BCUT2D eigenvalue weighted by atomic mass is 79.9. The molecule has 1 aliphatic rings. The van der Waals surface area contributed by atoms with Gasteiger partial charge in [0.05, 0.1) is 10.8 Å². The minimum absolute atomic E-state index is 0.125. The zero-order valence-electron chi connectivity index (χ0n) is 12.0. The van der Waals surface area contributed by atoms with E-state index in [2.05, 4.69) is 43.7 Å². The number of nitro groups is 1. The largest absolute Gasteiger partial charge is 0.404 e. The number of carbonyl (C=O) groups is 1. The van der Waals surface area contributed by atoms with Crippen LogP contribution in [0.25, 0.3) is 0 Å². The summed E-state index contributed by atoms with van der Waals surface area (Å²) in [6, 6.07) is 0. The minimum Gasteiger partial charge on any atom is -0.358 e. The van der Waals surface area contributed by atoms with E-state index in [1.54, 1.807) is 13.1 Å². The molecule has 22 heavy (non-hydrogen) atoms. The molecule has 1 aromatic rings. The Labute approximate surface area is 135 Å². The zero-order valence-corrected chi connectivity index (χ0v) is 13.6. The summed E-state index contributed by atoms with van der Waals surface area (Å²) in [5.41, 5.74) is 2.94. The number of hydrogen-bond acceptors (Lipinski definition) is 5. The smallest absolute Gasteiger partial charge is 0.358 e. The molecule has 1 atom stereocenters. The van der Waals surface area contributed by atoms with E-state index in [-0.39, 0.29) is 22.7 Å². The summed E-state index contributed by atoms with van der Waals surface area (Å²) in [5.74, 6) is -0.342. The Morgan fingerprint density at radius 2 is 2.45 bits per heavy atom. The Morgan fingerprint density at radius 1 is 1.68 bits per heavy atom. The van der Waals surface area contributed by atoms with Gasteiger partial charge in [0.25, 0.3) is 5.91 Å². The molecule has 9 heteroatoms. The van der Waals surface area contributed by atoms with Crippen LogP contribution in [-0.4, -0.2) is 26.8 Å². The minimum atomic E-state index is -0.597. The molecule has 0 aromatic carbocycles. The van der Waals surface area contributed by atoms with Crippen molar-refractivity contribution in [1.82, 2.24) is 15.2 Å². The molecule has 0 saturated carbocycles. The third-order valence-corrected chi connectivity index (χ3v) is 4.30. The van der Waals surface area contributed by atoms with Crippen molar-refractivity contribution in [1.29, 1.82) is 0 Å². The fraction of sp³-hybridized carbons (Fsp3) is 0.462. The first kappa shape index (κ1) is 16.3. The molecule has 1 unspecified atom stereocenters. The number of hydrazone groups is 1. The number of rotatable bonds is 5. The topological polar surface area (TPSA) is 102 Å². The molecule has 1 aliphatic carbocycles. The number of aromatic nitrogens is 2. The molecule has 1 amide bonds. The van der Waals surface area contributed by atoms with Gasteiger partial charge in [0.1, 0.15) is 11.0 Å². The molecule has 8 nitrogen and oxygen atoms in total. The lowest BCUT2D eigenvalue weighted by atomic mass is 9.96. The van der Waals surface area contributed by atoms with E-state index >= 15 is 0 Å². The quantitative estimate of drug-likeness (QED) is 0.372.